The molecular weight excluding hydrogens is 384 g/mol. The van der Waals surface area contributed by atoms with Gasteiger partial charge in [-0.05, 0) is 18.2 Å². The Bertz CT molecular complexity index is 1210. The van der Waals surface area contributed by atoms with Crippen molar-refractivity contribution in [3.8, 4) is 5.69 Å². The summed E-state index contributed by atoms with van der Waals surface area (Å²) in [6, 6.07) is 5.52. The van der Waals surface area contributed by atoms with E-state index in [0.29, 0.717) is 11.0 Å². The van der Waals surface area contributed by atoms with Gasteiger partial charge in [0.1, 0.15) is 16.6 Å². The quantitative estimate of drug-likeness (QED) is 0.453. The second-order valence-corrected chi connectivity index (χ2v) is 5.79. The van der Waals surface area contributed by atoms with E-state index in [1.165, 1.54) is 16.9 Å². The number of rotatable bonds is 4. The Morgan fingerprint density at radius 2 is 1.48 bits per heavy atom. The first-order valence-electron chi connectivity index (χ1n) is 8.18. The third-order valence-electron chi connectivity index (χ3n) is 4.11. The largest absolute Gasteiger partial charge is 0.465 e. The molecule has 0 atom stereocenters. The fourth-order valence-electron chi connectivity index (χ4n) is 2.89. The van der Waals surface area contributed by atoms with Gasteiger partial charge in [-0.25, -0.2) is 14.4 Å². The summed E-state index contributed by atoms with van der Waals surface area (Å²) >= 11 is 0. The van der Waals surface area contributed by atoms with Crippen molar-refractivity contribution >= 4 is 28.9 Å². The average Bonchev–Trinajstić information content (AvgIpc) is 3.10. The van der Waals surface area contributed by atoms with Crippen LogP contribution in [0.2, 0.25) is 0 Å². The zero-order valence-electron chi connectivity index (χ0n) is 16.0. The van der Waals surface area contributed by atoms with Crippen molar-refractivity contribution in [3.05, 3.63) is 51.4 Å². The molecule has 0 amide bonds. The number of carbonyl (C=O) groups is 3. The Balaban J connectivity index is 2.44. The third-order valence-corrected chi connectivity index (χ3v) is 4.11. The predicted molar refractivity (Wildman–Crippen MR) is 98.1 cm³/mol. The molecule has 0 aliphatic rings. The van der Waals surface area contributed by atoms with Gasteiger partial charge in [0.15, 0.2) is 5.69 Å². The number of ether oxygens (including phenoxy) is 3. The molecular formula is C18H16N4O7. The van der Waals surface area contributed by atoms with Crippen LogP contribution in [0.1, 0.15) is 31.2 Å². The van der Waals surface area contributed by atoms with E-state index in [1.807, 2.05) is 0 Å². The third kappa shape index (κ3) is 3.33. The van der Waals surface area contributed by atoms with Gasteiger partial charge in [0, 0.05) is 13.1 Å². The van der Waals surface area contributed by atoms with E-state index in [-0.39, 0.29) is 5.69 Å². The van der Waals surface area contributed by atoms with Crippen LogP contribution in [0.3, 0.4) is 0 Å². The van der Waals surface area contributed by atoms with Gasteiger partial charge < -0.3 is 14.2 Å². The highest BCUT2D eigenvalue weighted by Crippen LogP contribution is 2.22. The number of fused-ring (bicyclic) bond motifs is 1. The monoisotopic (exact) mass is 400 g/mol. The topological polar surface area (TPSA) is 132 Å². The van der Waals surface area contributed by atoms with Crippen molar-refractivity contribution in [2.75, 3.05) is 21.3 Å². The van der Waals surface area contributed by atoms with Crippen LogP contribution in [-0.2, 0) is 21.3 Å². The van der Waals surface area contributed by atoms with Crippen molar-refractivity contribution in [2.45, 2.75) is 0 Å². The molecule has 0 radical (unpaired) electrons. The van der Waals surface area contributed by atoms with E-state index in [2.05, 4.69) is 14.9 Å². The molecule has 150 valence electrons. The number of hydrogen-bond donors (Lipinski definition) is 0. The van der Waals surface area contributed by atoms with Gasteiger partial charge in [-0.2, -0.15) is 15.0 Å². The van der Waals surface area contributed by atoms with Gasteiger partial charge in [0.05, 0.1) is 32.6 Å². The molecule has 3 aromatic rings. The van der Waals surface area contributed by atoms with Crippen LogP contribution in [0.5, 0.6) is 0 Å². The maximum Gasteiger partial charge on any atom is 0.356 e. The highest BCUT2D eigenvalue weighted by atomic mass is 16.5. The van der Waals surface area contributed by atoms with Crippen LogP contribution in [0.25, 0.3) is 16.7 Å². The molecule has 0 aliphatic carbocycles. The summed E-state index contributed by atoms with van der Waals surface area (Å²) in [5, 5.41) is 8.31. The SMILES string of the molecule is COC(=O)c1cc(=O)n(-c2ccc3nn(C)nc3c2)c(C(=O)OC)c1C(=O)OC. The molecule has 0 saturated carbocycles. The molecule has 0 spiro atoms. The van der Waals surface area contributed by atoms with Gasteiger partial charge in [-0.15, -0.1) is 0 Å². The number of aromatic nitrogens is 4. The molecule has 2 aromatic heterocycles. The van der Waals surface area contributed by atoms with E-state index in [4.69, 9.17) is 9.47 Å². The molecule has 3 rings (SSSR count). The number of carbonyl (C=O) groups excluding carboxylic acids is 3. The molecule has 0 N–H and O–H groups in total. The second kappa shape index (κ2) is 7.54. The molecule has 2 heterocycles. The fraction of sp³-hybridized carbons (Fsp3) is 0.222. The van der Waals surface area contributed by atoms with Gasteiger partial charge in [0.2, 0.25) is 0 Å². The van der Waals surface area contributed by atoms with E-state index in [1.54, 1.807) is 13.1 Å². The van der Waals surface area contributed by atoms with Crippen LogP contribution < -0.4 is 5.56 Å². The second-order valence-electron chi connectivity index (χ2n) is 5.79. The molecule has 0 unspecified atom stereocenters. The lowest BCUT2D eigenvalue weighted by molar-refractivity contribution is 0.0529. The number of hydrogen-bond acceptors (Lipinski definition) is 9. The van der Waals surface area contributed by atoms with E-state index in [0.717, 1.165) is 32.0 Å². The molecule has 0 saturated heterocycles. The Labute approximate surface area is 163 Å². The first-order chi connectivity index (χ1) is 13.8. The Morgan fingerprint density at radius 3 is 2.10 bits per heavy atom. The van der Waals surface area contributed by atoms with Gasteiger partial charge >= 0.3 is 17.9 Å². The van der Waals surface area contributed by atoms with Gasteiger partial charge in [0.25, 0.3) is 5.56 Å². The minimum absolute atomic E-state index is 0.213. The zero-order valence-corrected chi connectivity index (χ0v) is 16.0. The summed E-state index contributed by atoms with van der Waals surface area (Å²) in [7, 11) is 4.86. The van der Waals surface area contributed by atoms with Crippen molar-refractivity contribution in [3.63, 3.8) is 0 Å². The van der Waals surface area contributed by atoms with Crippen molar-refractivity contribution in [1.29, 1.82) is 0 Å². The van der Waals surface area contributed by atoms with Crippen molar-refractivity contribution in [2.24, 2.45) is 7.05 Å². The number of nitrogens with zero attached hydrogens (tertiary/aromatic N) is 4. The van der Waals surface area contributed by atoms with Crippen molar-refractivity contribution in [1.82, 2.24) is 19.6 Å². The minimum Gasteiger partial charge on any atom is -0.465 e. The highest BCUT2D eigenvalue weighted by Gasteiger charge is 2.31. The first-order valence-corrected chi connectivity index (χ1v) is 8.18. The number of esters is 3. The number of benzene rings is 1. The van der Waals surface area contributed by atoms with Crippen LogP contribution in [0.4, 0.5) is 0 Å². The van der Waals surface area contributed by atoms with Gasteiger partial charge in [-0.3, -0.25) is 9.36 Å². The summed E-state index contributed by atoms with van der Waals surface area (Å²) in [4.78, 5) is 51.3. The van der Waals surface area contributed by atoms with Crippen LogP contribution in [0.15, 0.2) is 29.1 Å². The smallest absolute Gasteiger partial charge is 0.356 e. The normalized spacial score (nSPS) is 10.6. The highest BCUT2D eigenvalue weighted by molar-refractivity contribution is 6.09. The number of aryl methyl sites for hydroxylation is 1. The Kier molecular flexibility index (Phi) is 5.13. The van der Waals surface area contributed by atoms with E-state index >= 15 is 0 Å². The summed E-state index contributed by atoms with van der Waals surface area (Å²) in [6.07, 6.45) is 0. The lowest BCUT2D eigenvalue weighted by Crippen LogP contribution is -2.31. The lowest BCUT2D eigenvalue weighted by atomic mass is 10.0. The summed E-state index contributed by atoms with van der Waals surface area (Å²) in [5.41, 5.74) is -0.888. The average molecular weight is 400 g/mol. The van der Waals surface area contributed by atoms with Gasteiger partial charge in [-0.1, -0.05) is 0 Å². The van der Waals surface area contributed by atoms with Crippen LogP contribution >= 0.6 is 0 Å². The zero-order chi connectivity index (χ0) is 21.3. The summed E-state index contributed by atoms with van der Waals surface area (Å²) in [5.74, 6) is -3.02. The van der Waals surface area contributed by atoms with Crippen LogP contribution in [0, 0.1) is 0 Å². The van der Waals surface area contributed by atoms with E-state index in [9.17, 15) is 19.2 Å². The maximum absolute atomic E-state index is 12.9. The molecule has 11 nitrogen and oxygen atoms in total. The summed E-state index contributed by atoms with van der Waals surface area (Å²) < 4.78 is 15.0. The van der Waals surface area contributed by atoms with E-state index < -0.39 is 40.3 Å². The molecule has 0 bridgehead atoms. The predicted octanol–water partition coefficient (Wildman–Crippen LogP) is 0.479. The summed E-state index contributed by atoms with van der Waals surface area (Å²) in [6.45, 7) is 0. The van der Waals surface area contributed by atoms with Crippen molar-refractivity contribution < 1.29 is 28.6 Å². The minimum atomic E-state index is -1.02. The molecule has 0 aliphatic heterocycles. The molecule has 0 fully saturated rings. The van der Waals surface area contributed by atoms with Crippen LogP contribution in [-0.4, -0.2) is 58.8 Å². The molecule has 11 heteroatoms. The number of methoxy groups -OCH3 is 3. The standard InChI is InChI=1S/C18H16N4O7/c1-21-19-11-6-5-9(7-12(11)20-21)22-13(23)8-10(16(24)27-2)14(17(25)28-3)15(22)18(26)29-4/h5-8H,1-4H3. The Hall–Kier alpha value is -4.02. The fourth-order valence-corrected chi connectivity index (χ4v) is 2.89. The lowest BCUT2D eigenvalue weighted by Gasteiger charge is -2.16. The number of pyridine rings is 1. The molecule has 29 heavy (non-hydrogen) atoms. The first kappa shape index (κ1) is 19.7. The molecule has 1 aromatic carbocycles. The Morgan fingerprint density at radius 1 is 0.862 bits per heavy atom. The maximum atomic E-state index is 12.9.